The van der Waals surface area contributed by atoms with Crippen LogP contribution in [0.5, 0.6) is 0 Å². The number of hydrogen-bond donors (Lipinski definition) is 4. The van der Waals surface area contributed by atoms with Gasteiger partial charge in [0.2, 0.25) is 0 Å². The number of fused-ring (bicyclic) bond motifs is 1. The van der Waals surface area contributed by atoms with Gasteiger partial charge in [0.15, 0.2) is 11.8 Å². The van der Waals surface area contributed by atoms with Crippen LogP contribution in [0, 0.1) is 11.7 Å². The molecule has 212 valence electrons. The Bertz CT molecular complexity index is 1540. The Morgan fingerprint density at radius 1 is 1.12 bits per heavy atom. The summed E-state index contributed by atoms with van der Waals surface area (Å²) in [5, 5.41) is 4.21. The number of nitrogens with one attached hydrogen (secondary N) is 2. The molecule has 0 spiro atoms. The van der Waals surface area contributed by atoms with E-state index in [1.165, 1.54) is 4.57 Å². The fraction of sp³-hybridized carbons (Fsp3) is 0.367. The first kappa shape index (κ1) is 29.3. The summed E-state index contributed by atoms with van der Waals surface area (Å²) in [5.74, 6) is 0.207. The topological polar surface area (TPSA) is 127 Å². The quantitative estimate of drug-likeness (QED) is 0.137. The molecular weight excluding hydrogens is 529 g/mol. The van der Waals surface area contributed by atoms with E-state index in [0.717, 1.165) is 36.8 Å². The fourth-order valence-electron chi connectivity index (χ4n) is 4.58. The molecular formula is C30H37ClFN7O. The van der Waals surface area contributed by atoms with Crippen molar-refractivity contribution in [3.05, 3.63) is 81.1 Å². The molecule has 0 aliphatic heterocycles. The van der Waals surface area contributed by atoms with Gasteiger partial charge in [-0.3, -0.25) is 9.56 Å². The molecule has 0 fully saturated rings. The zero-order valence-corrected chi connectivity index (χ0v) is 23.9. The second-order valence-corrected chi connectivity index (χ2v) is 11.1. The highest BCUT2D eigenvalue weighted by molar-refractivity contribution is 6.31. The number of aromatic nitrogens is 3. The van der Waals surface area contributed by atoms with E-state index in [9.17, 15) is 4.79 Å². The van der Waals surface area contributed by atoms with Crippen LogP contribution >= 0.6 is 11.6 Å². The molecule has 0 radical (unpaired) electrons. The van der Waals surface area contributed by atoms with Gasteiger partial charge in [-0.15, -0.1) is 0 Å². The lowest BCUT2D eigenvalue weighted by Gasteiger charge is -2.13. The minimum atomic E-state index is -0.495. The Labute approximate surface area is 238 Å². The molecule has 4 rings (SSSR count). The average molecular weight is 566 g/mol. The van der Waals surface area contributed by atoms with Crippen LogP contribution < -0.4 is 22.5 Å². The van der Waals surface area contributed by atoms with Gasteiger partial charge in [-0.2, -0.15) is 4.98 Å². The van der Waals surface area contributed by atoms with Gasteiger partial charge in [0.05, 0.1) is 16.4 Å². The van der Waals surface area contributed by atoms with Crippen molar-refractivity contribution >= 4 is 28.6 Å². The van der Waals surface area contributed by atoms with Crippen molar-refractivity contribution in [2.24, 2.45) is 22.4 Å². The van der Waals surface area contributed by atoms with Gasteiger partial charge >= 0.3 is 5.69 Å². The van der Waals surface area contributed by atoms with Crippen molar-refractivity contribution in [1.82, 2.24) is 19.9 Å². The van der Waals surface area contributed by atoms with Gasteiger partial charge in [-0.1, -0.05) is 44.0 Å². The zero-order valence-electron chi connectivity index (χ0n) is 23.2. The summed E-state index contributed by atoms with van der Waals surface area (Å²) < 4.78 is 16.5. The summed E-state index contributed by atoms with van der Waals surface area (Å²) >= 11 is 6.25. The van der Waals surface area contributed by atoms with Gasteiger partial charge in [0.25, 0.3) is 0 Å². The number of rotatable bonds is 12. The number of halogens is 2. The SMILES string of the molecule is CC(C)CCCc1cc(Cl)c(F)c(-c2cc3cn(-c4ccc(CN[C@@H](C)CCN=C(N)N)cc4)c(=O)nc3[nH]2)c1. The molecule has 0 aliphatic carbocycles. The summed E-state index contributed by atoms with van der Waals surface area (Å²) in [6.45, 7) is 7.68. The average Bonchev–Trinajstić information content (AvgIpc) is 3.31. The molecule has 0 amide bonds. The number of H-pyrrole nitrogens is 1. The van der Waals surface area contributed by atoms with E-state index in [0.29, 0.717) is 47.0 Å². The molecule has 0 aliphatic rings. The first-order valence-electron chi connectivity index (χ1n) is 13.6. The van der Waals surface area contributed by atoms with Crippen LogP contribution in [-0.2, 0) is 13.0 Å². The van der Waals surface area contributed by atoms with Crippen molar-refractivity contribution in [1.29, 1.82) is 0 Å². The molecule has 2 aromatic carbocycles. The number of guanidine groups is 1. The van der Waals surface area contributed by atoms with Crippen molar-refractivity contribution < 1.29 is 4.39 Å². The zero-order chi connectivity index (χ0) is 28.8. The van der Waals surface area contributed by atoms with Crippen LogP contribution in [0.15, 0.2) is 58.4 Å². The lowest BCUT2D eigenvalue weighted by molar-refractivity contribution is 0.520. The molecule has 2 heterocycles. The third-order valence-corrected chi connectivity index (χ3v) is 7.13. The Balaban J connectivity index is 1.52. The number of nitrogens with zero attached hydrogens (tertiary/aromatic N) is 3. The smallest absolute Gasteiger partial charge is 0.354 e. The molecule has 0 unspecified atom stereocenters. The van der Waals surface area contributed by atoms with Gasteiger partial charge in [-0.05, 0) is 73.6 Å². The predicted octanol–water partition coefficient (Wildman–Crippen LogP) is 5.29. The van der Waals surface area contributed by atoms with Crippen molar-refractivity contribution in [3.63, 3.8) is 0 Å². The third kappa shape index (κ3) is 7.49. The van der Waals surface area contributed by atoms with Crippen molar-refractivity contribution in [3.8, 4) is 16.9 Å². The number of aryl methyl sites for hydroxylation is 1. The van der Waals surface area contributed by atoms with Gasteiger partial charge in [-0.25, -0.2) is 9.18 Å². The Morgan fingerprint density at radius 3 is 2.58 bits per heavy atom. The summed E-state index contributed by atoms with van der Waals surface area (Å²) in [5.41, 5.74) is 14.3. The summed E-state index contributed by atoms with van der Waals surface area (Å²) in [6, 6.07) is 13.2. The maximum Gasteiger partial charge on any atom is 0.354 e. The van der Waals surface area contributed by atoms with Crippen LogP contribution in [0.3, 0.4) is 0 Å². The summed E-state index contributed by atoms with van der Waals surface area (Å²) in [4.78, 5) is 24.2. The number of benzene rings is 2. The van der Waals surface area contributed by atoms with E-state index in [1.807, 2.05) is 30.3 Å². The highest BCUT2D eigenvalue weighted by Crippen LogP contribution is 2.31. The van der Waals surface area contributed by atoms with Crippen LogP contribution in [0.2, 0.25) is 5.02 Å². The molecule has 1 atom stereocenters. The van der Waals surface area contributed by atoms with Crippen molar-refractivity contribution in [2.45, 2.75) is 59.0 Å². The molecule has 8 nitrogen and oxygen atoms in total. The Hall–Kier alpha value is -3.69. The molecule has 4 aromatic rings. The second-order valence-electron chi connectivity index (χ2n) is 10.6. The van der Waals surface area contributed by atoms with Crippen molar-refractivity contribution in [2.75, 3.05) is 6.54 Å². The Morgan fingerprint density at radius 2 is 1.88 bits per heavy atom. The lowest BCUT2D eigenvalue weighted by Crippen LogP contribution is -2.27. The monoisotopic (exact) mass is 565 g/mol. The Kier molecular flexibility index (Phi) is 9.60. The van der Waals surface area contributed by atoms with Gasteiger partial charge < -0.3 is 21.8 Å². The van der Waals surface area contributed by atoms with E-state index >= 15 is 4.39 Å². The summed E-state index contributed by atoms with van der Waals surface area (Å²) in [6.07, 6.45) is 5.44. The first-order chi connectivity index (χ1) is 19.1. The largest absolute Gasteiger partial charge is 0.370 e. The van der Waals surface area contributed by atoms with Crippen LogP contribution in [-0.4, -0.2) is 33.1 Å². The van der Waals surface area contributed by atoms with E-state index in [4.69, 9.17) is 23.1 Å². The molecule has 0 saturated carbocycles. The number of aromatic amines is 1. The van der Waals surface area contributed by atoms with E-state index in [1.54, 1.807) is 18.3 Å². The molecule has 10 heteroatoms. The maximum atomic E-state index is 15.1. The fourth-order valence-corrected chi connectivity index (χ4v) is 4.82. The third-order valence-electron chi connectivity index (χ3n) is 6.86. The van der Waals surface area contributed by atoms with E-state index < -0.39 is 11.5 Å². The molecule has 0 saturated heterocycles. The molecule has 2 aromatic heterocycles. The van der Waals surface area contributed by atoms with Gasteiger partial charge in [0.1, 0.15) is 5.65 Å². The second kappa shape index (κ2) is 13.1. The van der Waals surface area contributed by atoms with E-state index in [2.05, 4.69) is 41.0 Å². The normalized spacial score (nSPS) is 12.2. The highest BCUT2D eigenvalue weighted by atomic mass is 35.5. The predicted molar refractivity (Wildman–Crippen MR) is 161 cm³/mol. The number of aliphatic imine (C=N–C) groups is 1. The maximum absolute atomic E-state index is 15.1. The minimum Gasteiger partial charge on any atom is -0.370 e. The minimum absolute atomic E-state index is 0.0842. The summed E-state index contributed by atoms with van der Waals surface area (Å²) in [7, 11) is 0. The molecule has 6 N–H and O–H groups in total. The van der Waals surface area contributed by atoms with Gasteiger partial charge in [0, 0.05) is 36.3 Å². The first-order valence-corrected chi connectivity index (χ1v) is 14.0. The van der Waals surface area contributed by atoms with E-state index in [-0.39, 0.29) is 17.0 Å². The lowest BCUT2D eigenvalue weighted by atomic mass is 10.00. The standard InChI is InChI=1S/C30H37ClFN7O/c1-18(2)5-4-6-21-13-24(27(32)25(31)14-21)26-15-22-17-39(30(40)38-28(22)37-26)23-9-7-20(8-10-23)16-36-19(3)11-12-35-29(33)34/h7-10,13-15,17-19,36H,4-6,11-12,16H2,1-3H3,(H4,33,34,35)(H,37,38,40)/t19-/m0/s1. The molecule has 40 heavy (non-hydrogen) atoms. The molecule has 0 bridgehead atoms. The van der Waals surface area contributed by atoms with Crippen LogP contribution in [0.1, 0.15) is 51.2 Å². The highest BCUT2D eigenvalue weighted by Gasteiger charge is 2.15. The van der Waals surface area contributed by atoms with Crippen LogP contribution in [0.4, 0.5) is 4.39 Å². The van der Waals surface area contributed by atoms with Crippen LogP contribution in [0.25, 0.3) is 28.0 Å². The number of nitrogens with two attached hydrogens (primary N) is 2. The number of hydrogen-bond acceptors (Lipinski definition) is 4.